The molecule has 1 unspecified atom stereocenters. The van der Waals surface area contributed by atoms with Crippen molar-refractivity contribution in [3.8, 4) is 0 Å². The summed E-state index contributed by atoms with van der Waals surface area (Å²) in [4.78, 5) is 9.02. The minimum Gasteiger partial charge on any atom is -0.438 e. The topological polar surface area (TPSA) is 69.0 Å². The highest BCUT2D eigenvalue weighted by Gasteiger charge is 2.23. The molecule has 22 heavy (non-hydrogen) atoms. The highest BCUT2D eigenvalue weighted by molar-refractivity contribution is 6.63. The molecule has 0 saturated heterocycles. The molecule has 2 N–H and O–H groups in total. The number of hydrogen-bond donors (Lipinski definition) is 2. The normalized spacial score (nSPS) is 17.0. The van der Waals surface area contributed by atoms with Gasteiger partial charge in [-0.2, -0.15) is 0 Å². The minimum absolute atomic E-state index is 0.102. The predicted molar refractivity (Wildman–Crippen MR) is 94.1 cm³/mol. The molecular weight excluding hydrogens is 276 g/mol. The molecule has 0 radical (unpaired) electrons. The fraction of sp³-hybridized carbons (Fsp3) is 0.600. The van der Waals surface area contributed by atoms with E-state index in [4.69, 9.17) is 0 Å². The number of aromatic nitrogens is 1. The van der Waals surface area contributed by atoms with E-state index in [9.17, 15) is 10.0 Å². The summed E-state index contributed by atoms with van der Waals surface area (Å²) in [6.07, 6.45) is 6.78. The van der Waals surface area contributed by atoms with E-state index < -0.39 is 14.1 Å². The molecule has 1 aromatic heterocycles. The second-order valence-corrected chi connectivity index (χ2v) is 5.25. The average Bonchev–Trinajstić information content (AvgIpc) is 2.53. The maximum absolute atomic E-state index is 9.57. The fourth-order valence-electron chi connectivity index (χ4n) is 2.62. The van der Waals surface area contributed by atoms with Gasteiger partial charge in [0.1, 0.15) is 0 Å². The zero-order chi connectivity index (χ0) is 16.5. The molecule has 1 atom stereocenters. The van der Waals surface area contributed by atoms with Gasteiger partial charge in [0.25, 0.3) is 0 Å². The highest BCUT2D eigenvalue weighted by Crippen LogP contribution is 2.30. The van der Waals surface area contributed by atoms with Gasteiger partial charge in [-0.3, -0.25) is 9.98 Å². The zero-order valence-corrected chi connectivity index (χ0v) is 14.1. The van der Waals surface area contributed by atoms with Gasteiger partial charge in [0, 0.05) is 19.0 Å². The van der Waals surface area contributed by atoms with Crippen LogP contribution in [0.25, 0.3) is 0 Å². The van der Waals surface area contributed by atoms with Gasteiger partial charge in [-0.1, -0.05) is 19.9 Å². The van der Waals surface area contributed by atoms with Crippen LogP contribution in [0.1, 0.15) is 44.0 Å². The van der Waals surface area contributed by atoms with Crippen LogP contribution in [-0.4, -0.2) is 46.6 Å². The number of rotatable bonds is 5. The van der Waals surface area contributed by atoms with Gasteiger partial charge in [-0.05, 0) is 44.5 Å². The zero-order valence-electron chi connectivity index (χ0n) is 14.1. The van der Waals surface area contributed by atoms with Gasteiger partial charge in [-0.15, -0.1) is 0 Å². The van der Waals surface area contributed by atoms with Crippen molar-refractivity contribution < 1.29 is 10.0 Å². The Kier molecular flexibility index (Phi) is 8.38. The van der Waals surface area contributed by atoms with Crippen LogP contribution in [0, 0.1) is 0 Å². The maximum Gasteiger partial charge on any atom is 0.367 e. The lowest BCUT2D eigenvalue weighted by Gasteiger charge is -2.23. The van der Waals surface area contributed by atoms with E-state index in [1.165, 1.54) is 5.56 Å². The molecule has 0 bridgehead atoms. The third kappa shape index (κ3) is 5.23. The van der Waals surface area contributed by atoms with E-state index in [1.807, 2.05) is 26.1 Å². The van der Waals surface area contributed by atoms with Gasteiger partial charge >= 0.3 is 14.1 Å². The Labute approximate surface area is 134 Å². The summed E-state index contributed by atoms with van der Waals surface area (Å²) < 4.78 is 1.56. The Morgan fingerprint density at radius 1 is 1.36 bits per heavy atom. The molecule has 1 aliphatic rings. The van der Waals surface area contributed by atoms with Crippen molar-refractivity contribution >= 4 is 20.3 Å². The second kappa shape index (κ2) is 9.77. The number of pyridine rings is 1. The standard InChI is InChI=1S/C13H21B2N3O2.C2H6/c1-14(19)18(15(2)20)10-9-16-12-7-3-5-11-6-4-8-17-13(11)12;1-2/h4,6,8-9,12,19-20H,3,5,7,10H2,1-2H3;1-2H3. The molecule has 5 nitrogen and oxygen atoms in total. The van der Waals surface area contributed by atoms with Crippen molar-refractivity contribution in [3.05, 3.63) is 29.6 Å². The molecule has 0 aliphatic heterocycles. The number of hydrogen-bond acceptors (Lipinski definition) is 5. The van der Waals surface area contributed by atoms with E-state index >= 15 is 0 Å². The number of fused-ring (bicyclic) bond motifs is 1. The van der Waals surface area contributed by atoms with Crippen LogP contribution in [0.4, 0.5) is 0 Å². The molecule has 1 aromatic rings. The summed E-state index contributed by atoms with van der Waals surface area (Å²) in [5, 5.41) is 19.1. The highest BCUT2D eigenvalue weighted by atomic mass is 16.2. The lowest BCUT2D eigenvalue weighted by atomic mass is 9.69. The smallest absolute Gasteiger partial charge is 0.367 e. The Hall–Kier alpha value is -1.17. The van der Waals surface area contributed by atoms with Crippen molar-refractivity contribution in [1.82, 2.24) is 9.71 Å². The van der Waals surface area contributed by atoms with Crippen LogP contribution in [0.5, 0.6) is 0 Å². The summed E-state index contributed by atoms with van der Waals surface area (Å²) in [5.41, 5.74) is 2.35. The van der Waals surface area contributed by atoms with Crippen LogP contribution in [0.3, 0.4) is 0 Å². The largest absolute Gasteiger partial charge is 0.438 e. The first-order chi connectivity index (χ1) is 10.6. The van der Waals surface area contributed by atoms with Gasteiger partial charge < -0.3 is 14.8 Å². The van der Waals surface area contributed by atoms with Crippen LogP contribution in [0.15, 0.2) is 23.3 Å². The molecule has 0 spiro atoms. The molecule has 0 amide bonds. The summed E-state index contributed by atoms with van der Waals surface area (Å²) in [5.74, 6) is 0. The van der Waals surface area contributed by atoms with Crippen LogP contribution in [0.2, 0.25) is 13.6 Å². The summed E-state index contributed by atoms with van der Waals surface area (Å²) in [6, 6.07) is 4.18. The van der Waals surface area contributed by atoms with Crippen LogP contribution >= 0.6 is 0 Å². The number of aliphatic imine (C=N–C) groups is 1. The van der Waals surface area contributed by atoms with Gasteiger partial charge in [0.05, 0.1) is 11.7 Å². The van der Waals surface area contributed by atoms with E-state index in [-0.39, 0.29) is 6.04 Å². The fourth-order valence-corrected chi connectivity index (χ4v) is 2.62. The molecule has 0 fully saturated rings. The third-order valence-electron chi connectivity index (χ3n) is 3.70. The minimum atomic E-state index is -0.696. The summed E-state index contributed by atoms with van der Waals surface area (Å²) in [7, 11) is -1.39. The van der Waals surface area contributed by atoms with Crippen molar-refractivity contribution in [2.45, 2.75) is 52.8 Å². The van der Waals surface area contributed by atoms with Crippen LogP contribution in [-0.2, 0) is 6.42 Å². The third-order valence-corrected chi connectivity index (χ3v) is 3.70. The summed E-state index contributed by atoms with van der Waals surface area (Å²) >= 11 is 0. The van der Waals surface area contributed by atoms with Crippen molar-refractivity contribution in [3.63, 3.8) is 0 Å². The molecule has 2 rings (SSSR count). The SMILES string of the molecule is CB(O)N(CC=NC1CCCc2cccnc21)B(C)O.CC. The van der Waals surface area contributed by atoms with Crippen molar-refractivity contribution in [2.24, 2.45) is 4.99 Å². The van der Waals surface area contributed by atoms with E-state index in [2.05, 4.69) is 16.0 Å². The van der Waals surface area contributed by atoms with Crippen LogP contribution < -0.4 is 0 Å². The molecule has 0 aromatic carbocycles. The molecule has 7 heteroatoms. The molecule has 1 aliphatic carbocycles. The van der Waals surface area contributed by atoms with E-state index in [0.717, 1.165) is 25.0 Å². The average molecular weight is 303 g/mol. The Morgan fingerprint density at radius 2 is 2.05 bits per heavy atom. The maximum atomic E-state index is 9.57. The first kappa shape index (κ1) is 18.9. The molecule has 0 saturated carbocycles. The Balaban J connectivity index is 0.00000116. The Morgan fingerprint density at radius 3 is 2.68 bits per heavy atom. The lowest BCUT2D eigenvalue weighted by Crippen LogP contribution is -2.47. The van der Waals surface area contributed by atoms with Gasteiger partial charge in [0.2, 0.25) is 0 Å². The molecular formula is C15H27B2N3O2. The number of nitrogens with zero attached hydrogens (tertiary/aromatic N) is 3. The van der Waals surface area contributed by atoms with E-state index in [0.29, 0.717) is 6.54 Å². The Bertz CT molecular complexity index is 462. The monoisotopic (exact) mass is 303 g/mol. The molecule has 120 valence electrons. The van der Waals surface area contributed by atoms with Gasteiger partial charge in [0.15, 0.2) is 0 Å². The lowest BCUT2D eigenvalue weighted by molar-refractivity contribution is 0.448. The quantitative estimate of drug-likeness (QED) is 0.645. The van der Waals surface area contributed by atoms with E-state index in [1.54, 1.807) is 24.6 Å². The first-order valence-corrected chi connectivity index (χ1v) is 8.17. The van der Waals surface area contributed by atoms with Crippen molar-refractivity contribution in [2.75, 3.05) is 6.54 Å². The first-order valence-electron chi connectivity index (χ1n) is 8.17. The molecule has 1 heterocycles. The summed E-state index contributed by atoms with van der Waals surface area (Å²) in [6.45, 7) is 7.70. The predicted octanol–water partition coefficient (Wildman–Crippen LogP) is 2.08. The number of aryl methyl sites for hydroxylation is 1. The second-order valence-electron chi connectivity index (χ2n) is 5.25. The van der Waals surface area contributed by atoms with Crippen molar-refractivity contribution in [1.29, 1.82) is 0 Å². The van der Waals surface area contributed by atoms with Gasteiger partial charge in [-0.25, -0.2) is 0 Å².